The summed E-state index contributed by atoms with van der Waals surface area (Å²) in [5.41, 5.74) is 0.594. The third-order valence-corrected chi connectivity index (χ3v) is 2.51. The van der Waals surface area contributed by atoms with Gasteiger partial charge >= 0.3 is 18.0 Å². The number of nitrogens with two attached hydrogens (primary N) is 1. The summed E-state index contributed by atoms with van der Waals surface area (Å²) in [6.45, 7) is 0. The van der Waals surface area contributed by atoms with E-state index in [9.17, 15) is 31.1 Å². The van der Waals surface area contributed by atoms with Crippen molar-refractivity contribution < 1.29 is 26.3 Å². The van der Waals surface area contributed by atoms with Crippen LogP contribution < -0.4 is 16.7 Å². The van der Waals surface area contributed by atoms with Crippen LogP contribution in [0.1, 0.15) is 11.1 Å². The quantitative estimate of drug-likeness (QED) is 0.731. The lowest BCUT2D eigenvalue weighted by molar-refractivity contribution is -0.143. The predicted molar refractivity (Wildman–Crippen MR) is 66.8 cm³/mol. The molecule has 2 rings (SSSR count). The molecule has 4 N–H and O–H groups in total. The molecule has 1 aromatic heterocycles. The van der Waals surface area contributed by atoms with Crippen molar-refractivity contribution in [3.63, 3.8) is 0 Å². The lowest BCUT2D eigenvalue weighted by atomic mass is 10.1. The second-order valence-electron chi connectivity index (χ2n) is 4.28. The van der Waals surface area contributed by atoms with Gasteiger partial charge in [-0.3, -0.25) is 4.98 Å². The minimum Gasteiger partial charge on any atom is -0.369 e. The second-order valence-corrected chi connectivity index (χ2v) is 4.28. The van der Waals surface area contributed by atoms with E-state index >= 15 is 0 Å². The number of nitrogens with zero attached hydrogens (tertiary/aromatic N) is 2. The molecule has 1 aromatic carbocycles. The van der Waals surface area contributed by atoms with Gasteiger partial charge in [0.1, 0.15) is 0 Å². The standard InChI is InChI=1S/C11H7F6N5O/c12-10(13,14)4-1-5(11(15,16)17)3-6(2-4)19-8-20-7(18)21-9(23)22-8/h1-3H,(H4,18,19,20,21,22,23). The highest BCUT2D eigenvalue weighted by molar-refractivity contribution is 5.57. The summed E-state index contributed by atoms with van der Waals surface area (Å²) in [5.74, 6) is -0.950. The van der Waals surface area contributed by atoms with Crippen molar-refractivity contribution in [1.82, 2.24) is 15.0 Å². The maximum absolute atomic E-state index is 12.7. The fourth-order valence-corrected chi connectivity index (χ4v) is 1.61. The Morgan fingerprint density at radius 3 is 1.91 bits per heavy atom. The molecule has 0 atom stereocenters. The normalized spacial score (nSPS) is 12.3. The van der Waals surface area contributed by atoms with Gasteiger partial charge in [0, 0.05) is 5.69 Å². The van der Waals surface area contributed by atoms with Crippen molar-refractivity contribution in [2.24, 2.45) is 0 Å². The van der Waals surface area contributed by atoms with Crippen LogP contribution in [0, 0.1) is 0 Å². The van der Waals surface area contributed by atoms with Crippen LogP contribution in [0.3, 0.4) is 0 Å². The van der Waals surface area contributed by atoms with Gasteiger partial charge in [0.25, 0.3) is 0 Å². The van der Waals surface area contributed by atoms with Gasteiger partial charge in [0.05, 0.1) is 11.1 Å². The fourth-order valence-electron chi connectivity index (χ4n) is 1.61. The SMILES string of the molecule is Nc1nc(Nc2cc(C(F)(F)F)cc(C(F)(F)F)c2)nc(=O)[nH]1. The first-order valence-electron chi connectivity index (χ1n) is 5.75. The summed E-state index contributed by atoms with van der Waals surface area (Å²) in [4.78, 5) is 19.7. The molecule has 12 heteroatoms. The smallest absolute Gasteiger partial charge is 0.369 e. The topological polar surface area (TPSA) is 96.7 Å². The maximum atomic E-state index is 12.7. The number of nitrogens with one attached hydrogen (secondary N) is 2. The molecule has 0 amide bonds. The Kier molecular flexibility index (Phi) is 3.92. The van der Waals surface area contributed by atoms with Crippen LogP contribution in [0.15, 0.2) is 23.0 Å². The first-order chi connectivity index (χ1) is 10.4. The zero-order chi connectivity index (χ0) is 17.4. The van der Waals surface area contributed by atoms with E-state index in [2.05, 4.69) is 15.3 Å². The van der Waals surface area contributed by atoms with Gasteiger partial charge in [-0.2, -0.15) is 36.3 Å². The zero-order valence-electron chi connectivity index (χ0n) is 10.9. The molecule has 23 heavy (non-hydrogen) atoms. The molecule has 0 spiro atoms. The van der Waals surface area contributed by atoms with Crippen molar-refractivity contribution in [2.45, 2.75) is 12.4 Å². The highest BCUT2D eigenvalue weighted by Gasteiger charge is 2.37. The summed E-state index contributed by atoms with van der Waals surface area (Å²) in [6, 6.07) is 0.824. The number of H-pyrrole nitrogens is 1. The van der Waals surface area contributed by atoms with Crippen LogP contribution in [-0.2, 0) is 12.4 Å². The number of anilines is 3. The third kappa shape index (κ3) is 4.11. The van der Waals surface area contributed by atoms with Crippen molar-refractivity contribution in [1.29, 1.82) is 0 Å². The Balaban J connectivity index is 2.51. The lowest BCUT2D eigenvalue weighted by Gasteiger charge is -2.14. The molecule has 6 nitrogen and oxygen atoms in total. The first kappa shape index (κ1) is 16.6. The molecule has 0 saturated carbocycles. The number of benzene rings is 1. The fraction of sp³-hybridized carbons (Fsp3) is 0.182. The van der Waals surface area contributed by atoms with Gasteiger partial charge in [0.2, 0.25) is 11.9 Å². The second kappa shape index (κ2) is 5.44. The van der Waals surface area contributed by atoms with E-state index in [1.54, 1.807) is 0 Å². The van der Waals surface area contributed by atoms with Gasteiger partial charge in [-0.25, -0.2) is 4.79 Å². The highest BCUT2D eigenvalue weighted by Crippen LogP contribution is 2.37. The van der Waals surface area contributed by atoms with E-state index in [4.69, 9.17) is 5.73 Å². The van der Waals surface area contributed by atoms with Crippen LogP contribution in [0.2, 0.25) is 0 Å². The molecule has 2 aromatic rings. The Bertz CT molecular complexity index is 749. The van der Waals surface area contributed by atoms with Crippen LogP contribution in [0.5, 0.6) is 0 Å². The van der Waals surface area contributed by atoms with Crippen LogP contribution in [0.25, 0.3) is 0 Å². The van der Waals surface area contributed by atoms with E-state index in [1.165, 1.54) is 0 Å². The van der Waals surface area contributed by atoms with Gasteiger partial charge in [-0.15, -0.1) is 0 Å². The molecule has 0 saturated heterocycles. The lowest BCUT2D eigenvalue weighted by Crippen LogP contribution is -2.17. The third-order valence-electron chi connectivity index (χ3n) is 2.51. The van der Waals surface area contributed by atoms with Crippen LogP contribution >= 0.6 is 0 Å². The predicted octanol–water partition coefficient (Wildman–Crippen LogP) is 2.53. The summed E-state index contributed by atoms with van der Waals surface area (Å²) in [7, 11) is 0. The maximum Gasteiger partial charge on any atom is 0.416 e. The van der Waals surface area contributed by atoms with E-state index in [-0.39, 0.29) is 6.07 Å². The molecular formula is C11H7F6N5O. The van der Waals surface area contributed by atoms with Gasteiger partial charge in [-0.05, 0) is 18.2 Å². The number of halogens is 6. The molecule has 0 aliphatic rings. The van der Waals surface area contributed by atoms with Crippen molar-refractivity contribution in [3.05, 3.63) is 39.8 Å². The summed E-state index contributed by atoms with van der Waals surface area (Å²) in [6.07, 6.45) is -9.99. The van der Waals surface area contributed by atoms with Crippen molar-refractivity contribution in [3.8, 4) is 0 Å². The largest absolute Gasteiger partial charge is 0.416 e. The summed E-state index contributed by atoms with van der Waals surface area (Å²) >= 11 is 0. The molecule has 0 fully saturated rings. The average Bonchev–Trinajstić information content (AvgIpc) is 2.34. The number of hydrogen-bond acceptors (Lipinski definition) is 5. The molecular weight excluding hydrogens is 332 g/mol. The van der Waals surface area contributed by atoms with Gasteiger partial charge in [0.15, 0.2) is 0 Å². The zero-order valence-corrected chi connectivity index (χ0v) is 10.9. The Labute approximate surface area is 123 Å². The number of nitrogen functional groups attached to an aromatic ring is 1. The van der Waals surface area contributed by atoms with Gasteiger partial charge in [-0.1, -0.05) is 0 Å². The van der Waals surface area contributed by atoms with Crippen molar-refractivity contribution in [2.75, 3.05) is 11.1 Å². The Hall–Kier alpha value is -2.79. The van der Waals surface area contributed by atoms with E-state index in [1.807, 2.05) is 4.98 Å². The average molecular weight is 339 g/mol. The molecule has 0 aliphatic heterocycles. The summed E-state index contributed by atoms with van der Waals surface area (Å²) in [5, 5.41) is 2.09. The number of aromatic amines is 1. The number of hydrogen-bond donors (Lipinski definition) is 3. The molecule has 124 valence electrons. The van der Waals surface area contributed by atoms with Crippen molar-refractivity contribution >= 4 is 17.6 Å². The summed E-state index contributed by atoms with van der Waals surface area (Å²) < 4.78 is 76.2. The molecule has 0 unspecified atom stereocenters. The van der Waals surface area contributed by atoms with E-state index in [0.29, 0.717) is 12.1 Å². The van der Waals surface area contributed by atoms with Gasteiger partial charge < -0.3 is 11.1 Å². The van der Waals surface area contributed by atoms with E-state index in [0.717, 1.165) is 0 Å². The molecule has 0 bridgehead atoms. The molecule has 0 radical (unpaired) electrons. The van der Waals surface area contributed by atoms with E-state index < -0.39 is 46.8 Å². The molecule has 1 heterocycles. The monoisotopic (exact) mass is 339 g/mol. The first-order valence-corrected chi connectivity index (χ1v) is 5.75. The Morgan fingerprint density at radius 1 is 0.957 bits per heavy atom. The minimum atomic E-state index is -4.99. The molecule has 0 aliphatic carbocycles. The van der Waals surface area contributed by atoms with Crippen LogP contribution in [0.4, 0.5) is 43.9 Å². The number of alkyl halides is 6. The van der Waals surface area contributed by atoms with Crippen LogP contribution in [-0.4, -0.2) is 15.0 Å². The Morgan fingerprint density at radius 2 is 1.48 bits per heavy atom. The highest BCUT2D eigenvalue weighted by atomic mass is 19.4. The number of rotatable bonds is 2. The number of aromatic nitrogens is 3. The minimum absolute atomic E-state index is 0.0296.